The van der Waals surface area contributed by atoms with Gasteiger partial charge in [0.1, 0.15) is 5.82 Å². The van der Waals surface area contributed by atoms with Gasteiger partial charge in [0.05, 0.1) is 23.1 Å². The molecule has 0 saturated carbocycles. The zero-order valence-electron chi connectivity index (χ0n) is 15.5. The smallest absolute Gasteiger partial charge is 0.318 e. The molecule has 0 radical (unpaired) electrons. The van der Waals surface area contributed by atoms with Crippen LogP contribution < -0.4 is 16.0 Å². The van der Waals surface area contributed by atoms with Gasteiger partial charge in [-0.25, -0.2) is 13.9 Å². The molecule has 0 atom stereocenters. The van der Waals surface area contributed by atoms with Crippen LogP contribution >= 0.6 is 0 Å². The summed E-state index contributed by atoms with van der Waals surface area (Å²) in [5, 5.41) is 12.2. The van der Waals surface area contributed by atoms with E-state index in [1.165, 1.54) is 25.4 Å². The molecule has 3 amide bonds. The average molecular weight is 381 g/mol. The third kappa shape index (κ3) is 4.17. The first kappa shape index (κ1) is 19.1. The molecule has 0 bridgehead atoms. The predicted octanol–water partition coefficient (Wildman–Crippen LogP) is 3.58. The van der Waals surface area contributed by atoms with Crippen molar-refractivity contribution in [2.24, 2.45) is 0 Å². The summed E-state index contributed by atoms with van der Waals surface area (Å²) in [5.41, 5.74) is 3.04. The van der Waals surface area contributed by atoms with E-state index in [0.717, 1.165) is 5.69 Å². The Morgan fingerprint density at radius 3 is 2.18 bits per heavy atom. The fraction of sp³-hybridized carbons (Fsp3) is 0.150. The average Bonchev–Trinajstić information content (AvgIpc) is 3.14. The predicted molar refractivity (Wildman–Crippen MR) is 105 cm³/mol. The van der Waals surface area contributed by atoms with Crippen LogP contribution in [0.3, 0.4) is 0 Å². The summed E-state index contributed by atoms with van der Waals surface area (Å²) >= 11 is 0. The van der Waals surface area contributed by atoms with E-state index in [1.807, 2.05) is 6.92 Å². The minimum Gasteiger partial charge on any atom is -0.341 e. The maximum Gasteiger partial charge on any atom is 0.318 e. The van der Waals surface area contributed by atoms with Crippen LogP contribution in [0.1, 0.15) is 23.0 Å². The zero-order chi connectivity index (χ0) is 20.1. The Balaban J connectivity index is 1.77. The van der Waals surface area contributed by atoms with Gasteiger partial charge in [-0.15, -0.1) is 0 Å². The van der Waals surface area contributed by atoms with Crippen LogP contribution in [0.5, 0.6) is 0 Å². The highest BCUT2D eigenvalue weighted by Gasteiger charge is 2.17. The van der Waals surface area contributed by atoms with E-state index in [1.54, 1.807) is 41.1 Å². The maximum atomic E-state index is 13.2. The van der Waals surface area contributed by atoms with Gasteiger partial charge >= 0.3 is 6.03 Å². The van der Waals surface area contributed by atoms with Crippen LogP contribution in [0.15, 0.2) is 54.7 Å². The summed E-state index contributed by atoms with van der Waals surface area (Å²) in [7, 11) is 1.53. The Bertz CT molecular complexity index is 981. The molecule has 0 saturated heterocycles. The van der Waals surface area contributed by atoms with Crippen LogP contribution in [0, 0.1) is 5.82 Å². The van der Waals surface area contributed by atoms with Crippen LogP contribution in [-0.2, 0) is 6.42 Å². The Morgan fingerprint density at radius 2 is 1.61 bits per heavy atom. The fourth-order valence-electron chi connectivity index (χ4n) is 2.74. The molecular formula is C20H20FN5O2. The van der Waals surface area contributed by atoms with Crippen molar-refractivity contribution in [3.63, 3.8) is 0 Å². The second kappa shape index (κ2) is 8.34. The lowest BCUT2D eigenvalue weighted by Crippen LogP contribution is -2.24. The number of nitrogens with one attached hydrogen (secondary N) is 3. The molecule has 0 aliphatic carbocycles. The molecule has 0 spiro atoms. The van der Waals surface area contributed by atoms with Crippen molar-refractivity contribution < 1.29 is 14.0 Å². The molecule has 0 fully saturated rings. The number of anilines is 2. The third-order valence-electron chi connectivity index (χ3n) is 4.15. The summed E-state index contributed by atoms with van der Waals surface area (Å²) in [6.45, 7) is 1.92. The molecule has 1 heterocycles. The van der Waals surface area contributed by atoms with Crippen molar-refractivity contribution in [1.29, 1.82) is 0 Å². The third-order valence-corrected chi connectivity index (χ3v) is 4.15. The number of carbonyl (C=O) groups excluding carboxylic acids is 2. The molecule has 3 N–H and O–H groups in total. The number of rotatable bonds is 5. The van der Waals surface area contributed by atoms with Gasteiger partial charge in [0, 0.05) is 18.4 Å². The summed E-state index contributed by atoms with van der Waals surface area (Å²) in [4.78, 5) is 24.0. The second-order valence-corrected chi connectivity index (χ2v) is 5.98. The first-order valence-electron chi connectivity index (χ1n) is 8.74. The largest absolute Gasteiger partial charge is 0.341 e. The van der Waals surface area contributed by atoms with Crippen molar-refractivity contribution in [3.05, 3.63) is 71.8 Å². The van der Waals surface area contributed by atoms with E-state index in [4.69, 9.17) is 0 Å². The lowest BCUT2D eigenvalue weighted by Gasteiger charge is -2.09. The summed E-state index contributed by atoms with van der Waals surface area (Å²) in [5.74, 6) is -0.626. The van der Waals surface area contributed by atoms with Crippen LogP contribution in [0.25, 0.3) is 5.69 Å². The van der Waals surface area contributed by atoms with Gasteiger partial charge in [-0.1, -0.05) is 6.92 Å². The molecule has 0 aliphatic rings. The standard InChI is InChI=1S/C20H20FN5O2/c1-3-18-17(12-23-26(18)16-10-4-13(21)5-11-16)19(27)24-14-6-8-15(9-7-14)25-20(28)22-2/h4-12H,3H2,1-2H3,(H,24,27)(H2,22,25,28). The Kier molecular flexibility index (Phi) is 5.69. The number of urea groups is 1. The van der Waals surface area contributed by atoms with E-state index in [0.29, 0.717) is 29.0 Å². The number of benzene rings is 2. The van der Waals surface area contributed by atoms with E-state index < -0.39 is 0 Å². The molecule has 28 heavy (non-hydrogen) atoms. The van der Waals surface area contributed by atoms with Crippen LogP contribution in [0.2, 0.25) is 0 Å². The van der Waals surface area contributed by atoms with E-state index >= 15 is 0 Å². The minimum absolute atomic E-state index is 0.294. The number of nitrogens with zero attached hydrogens (tertiary/aromatic N) is 2. The van der Waals surface area contributed by atoms with Gasteiger partial charge in [-0.3, -0.25) is 4.79 Å². The first-order chi connectivity index (χ1) is 13.5. The van der Waals surface area contributed by atoms with Gasteiger partial charge in [-0.05, 0) is 55.0 Å². The summed E-state index contributed by atoms with van der Waals surface area (Å²) in [6, 6.07) is 12.4. The van der Waals surface area contributed by atoms with Crippen molar-refractivity contribution in [2.75, 3.05) is 17.7 Å². The molecule has 7 nitrogen and oxygen atoms in total. The lowest BCUT2D eigenvalue weighted by atomic mass is 10.1. The number of halogens is 1. The molecule has 1 aromatic heterocycles. The summed E-state index contributed by atoms with van der Waals surface area (Å²) in [6.07, 6.45) is 2.08. The Hall–Kier alpha value is -3.68. The van der Waals surface area contributed by atoms with E-state index in [2.05, 4.69) is 21.0 Å². The topological polar surface area (TPSA) is 88.1 Å². The van der Waals surface area contributed by atoms with E-state index in [-0.39, 0.29) is 17.8 Å². The Labute approximate surface area is 161 Å². The van der Waals surface area contributed by atoms with Gasteiger partial charge in [-0.2, -0.15) is 5.10 Å². The minimum atomic E-state index is -0.332. The zero-order valence-corrected chi connectivity index (χ0v) is 15.5. The number of carbonyl (C=O) groups is 2. The van der Waals surface area contributed by atoms with Crippen molar-refractivity contribution >= 4 is 23.3 Å². The molecule has 8 heteroatoms. The van der Waals surface area contributed by atoms with Crippen molar-refractivity contribution in [1.82, 2.24) is 15.1 Å². The molecule has 3 rings (SSSR count). The highest BCUT2D eigenvalue weighted by Crippen LogP contribution is 2.19. The molecule has 3 aromatic rings. The van der Waals surface area contributed by atoms with Gasteiger partial charge in [0.25, 0.3) is 5.91 Å². The fourth-order valence-corrected chi connectivity index (χ4v) is 2.74. The normalized spacial score (nSPS) is 10.4. The van der Waals surface area contributed by atoms with Crippen LogP contribution in [0.4, 0.5) is 20.6 Å². The highest BCUT2D eigenvalue weighted by molar-refractivity contribution is 6.05. The highest BCUT2D eigenvalue weighted by atomic mass is 19.1. The number of hydrogen-bond donors (Lipinski definition) is 3. The monoisotopic (exact) mass is 381 g/mol. The molecule has 2 aromatic carbocycles. The first-order valence-corrected chi connectivity index (χ1v) is 8.74. The number of aromatic nitrogens is 2. The Morgan fingerprint density at radius 1 is 1.00 bits per heavy atom. The van der Waals surface area contributed by atoms with Crippen molar-refractivity contribution in [3.8, 4) is 5.69 Å². The summed E-state index contributed by atoms with van der Waals surface area (Å²) < 4.78 is 14.8. The molecule has 144 valence electrons. The van der Waals surface area contributed by atoms with Crippen molar-refractivity contribution in [2.45, 2.75) is 13.3 Å². The number of amides is 3. The molecular weight excluding hydrogens is 361 g/mol. The maximum absolute atomic E-state index is 13.2. The van der Waals surface area contributed by atoms with Gasteiger partial charge in [0.2, 0.25) is 0 Å². The SMILES string of the molecule is CCc1c(C(=O)Nc2ccc(NC(=O)NC)cc2)cnn1-c1ccc(F)cc1. The number of hydrogen-bond acceptors (Lipinski definition) is 3. The molecule has 0 aliphatic heterocycles. The van der Waals surface area contributed by atoms with Crippen LogP contribution in [-0.4, -0.2) is 28.8 Å². The quantitative estimate of drug-likeness (QED) is 0.631. The molecule has 0 unspecified atom stereocenters. The lowest BCUT2D eigenvalue weighted by molar-refractivity contribution is 0.102. The van der Waals surface area contributed by atoms with Gasteiger partial charge < -0.3 is 16.0 Å². The second-order valence-electron chi connectivity index (χ2n) is 5.98. The van der Waals surface area contributed by atoms with Gasteiger partial charge in [0.15, 0.2) is 0 Å². The van der Waals surface area contributed by atoms with E-state index in [9.17, 15) is 14.0 Å².